The molecule has 2 rings (SSSR count). The minimum absolute atomic E-state index is 0.236. The number of hydrogen-bond donors (Lipinski definition) is 1. The highest BCUT2D eigenvalue weighted by Gasteiger charge is 2.35. The molecule has 3 heteroatoms. The van der Waals surface area contributed by atoms with Crippen molar-refractivity contribution < 1.29 is 0 Å². The number of nitrogens with two attached hydrogens (primary N) is 1. The summed E-state index contributed by atoms with van der Waals surface area (Å²) in [5.41, 5.74) is 9.20. The Hall–Kier alpha value is -0.410. The molecule has 0 amide bonds. The third kappa shape index (κ3) is 1.17. The first-order valence-electron chi connectivity index (χ1n) is 4.46. The van der Waals surface area contributed by atoms with Crippen molar-refractivity contribution in [2.75, 3.05) is 6.54 Å². The standard InChI is InChI=1S/C9H14N2S/c10-6-9(3-1-2-4-9)8-5-12-7-11-8/h5,7H,1-4,6,10H2. The second kappa shape index (κ2) is 3.15. The van der Waals surface area contributed by atoms with Gasteiger partial charge in [-0.05, 0) is 12.8 Å². The number of rotatable bonds is 2. The zero-order valence-corrected chi connectivity index (χ0v) is 7.94. The molecule has 1 aromatic heterocycles. The van der Waals surface area contributed by atoms with Crippen LogP contribution in [0.4, 0.5) is 0 Å². The summed E-state index contributed by atoms with van der Waals surface area (Å²) < 4.78 is 0. The van der Waals surface area contributed by atoms with Crippen molar-refractivity contribution in [1.82, 2.24) is 4.98 Å². The molecule has 0 atom stereocenters. The zero-order valence-electron chi connectivity index (χ0n) is 7.12. The SMILES string of the molecule is NCC1(c2cscn2)CCCC1. The third-order valence-electron chi connectivity index (χ3n) is 2.93. The highest BCUT2D eigenvalue weighted by molar-refractivity contribution is 7.07. The van der Waals surface area contributed by atoms with Crippen LogP contribution in [0.15, 0.2) is 10.9 Å². The van der Waals surface area contributed by atoms with Gasteiger partial charge in [-0.3, -0.25) is 0 Å². The predicted octanol–water partition coefficient (Wildman–Crippen LogP) is 1.91. The second-order valence-corrected chi connectivity index (χ2v) is 4.28. The summed E-state index contributed by atoms with van der Waals surface area (Å²) in [7, 11) is 0. The largest absolute Gasteiger partial charge is 0.330 e. The molecule has 0 aliphatic heterocycles. The summed E-state index contributed by atoms with van der Waals surface area (Å²) in [6.07, 6.45) is 5.09. The minimum atomic E-state index is 0.236. The first-order valence-corrected chi connectivity index (χ1v) is 5.40. The Morgan fingerprint density at radius 1 is 1.50 bits per heavy atom. The molecule has 1 saturated carbocycles. The van der Waals surface area contributed by atoms with E-state index in [1.165, 1.54) is 31.4 Å². The van der Waals surface area contributed by atoms with E-state index in [9.17, 15) is 0 Å². The molecule has 0 aromatic carbocycles. The van der Waals surface area contributed by atoms with Gasteiger partial charge in [0, 0.05) is 17.3 Å². The summed E-state index contributed by atoms with van der Waals surface area (Å²) in [6, 6.07) is 0. The Balaban J connectivity index is 2.28. The lowest BCUT2D eigenvalue weighted by Gasteiger charge is -2.24. The molecule has 0 radical (unpaired) electrons. The molecule has 2 nitrogen and oxygen atoms in total. The van der Waals surface area contributed by atoms with Gasteiger partial charge in [-0.25, -0.2) is 4.98 Å². The summed E-state index contributed by atoms with van der Waals surface area (Å²) in [5.74, 6) is 0. The van der Waals surface area contributed by atoms with E-state index in [2.05, 4.69) is 10.4 Å². The second-order valence-electron chi connectivity index (χ2n) is 3.57. The Morgan fingerprint density at radius 2 is 2.25 bits per heavy atom. The van der Waals surface area contributed by atoms with Gasteiger partial charge in [0.05, 0.1) is 11.2 Å². The lowest BCUT2D eigenvalue weighted by atomic mass is 9.83. The van der Waals surface area contributed by atoms with Gasteiger partial charge in [0.25, 0.3) is 0 Å². The van der Waals surface area contributed by atoms with Crippen molar-refractivity contribution in [2.45, 2.75) is 31.1 Å². The van der Waals surface area contributed by atoms with Crippen LogP contribution in [0, 0.1) is 0 Å². The maximum absolute atomic E-state index is 5.82. The average molecular weight is 182 g/mol. The van der Waals surface area contributed by atoms with Crippen LogP contribution in [0.1, 0.15) is 31.4 Å². The van der Waals surface area contributed by atoms with Crippen molar-refractivity contribution in [3.63, 3.8) is 0 Å². The monoisotopic (exact) mass is 182 g/mol. The van der Waals surface area contributed by atoms with Crippen LogP contribution in [0.25, 0.3) is 0 Å². The van der Waals surface area contributed by atoms with Gasteiger partial charge in [-0.1, -0.05) is 12.8 Å². The summed E-state index contributed by atoms with van der Waals surface area (Å²) >= 11 is 1.67. The number of thiazole rings is 1. The smallest absolute Gasteiger partial charge is 0.0794 e. The van der Waals surface area contributed by atoms with Gasteiger partial charge in [0.2, 0.25) is 0 Å². The molecule has 1 heterocycles. The molecule has 1 aliphatic carbocycles. The van der Waals surface area contributed by atoms with E-state index in [1.807, 2.05) is 5.51 Å². The van der Waals surface area contributed by atoms with Gasteiger partial charge in [-0.15, -0.1) is 11.3 Å². The lowest BCUT2D eigenvalue weighted by Crippen LogP contribution is -2.32. The highest BCUT2D eigenvalue weighted by Crippen LogP contribution is 2.39. The van der Waals surface area contributed by atoms with E-state index in [0.29, 0.717) is 0 Å². The van der Waals surface area contributed by atoms with Crippen LogP contribution >= 0.6 is 11.3 Å². The Labute approximate surface area is 76.8 Å². The number of hydrogen-bond acceptors (Lipinski definition) is 3. The van der Waals surface area contributed by atoms with E-state index in [4.69, 9.17) is 5.73 Å². The third-order valence-corrected chi connectivity index (χ3v) is 3.51. The predicted molar refractivity (Wildman–Crippen MR) is 51.3 cm³/mol. The summed E-state index contributed by atoms with van der Waals surface area (Å²) in [6.45, 7) is 0.761. The fraction of sp³-hybridized carbons (Fsp3) is 0.667. The van der Waals surface area contributed by atoms with E-state index in [-0.39, 0.29) is 5.41 Å². The quantitative estimate of drug-likeness (QED) is 0.759. The van der Waals surface area contributed by atoms with Crippen LogP contribution in [0.5, 0.6) is 0 Å². The molecule has 66 valence electrons. The molecule has 0 bridgehead atoms. The normalized spacial score (nSPS) is 21.4. The molecule has 1 aliphatic rings. The van der Waals surface area contributed by atoms with Crippen molar-refractivity contribution >= 4 is 11.3 Å². The molecule has 1 aromatic rings. The van der Waals surface area contributed by atoms with Crippen LogP contribution in [-0.4, -0.2) is 11.5 Å². The van der Waals surface area contributed by atoms with E-state index < -0.39 is 0 Å². The molecular formula is C9H14N2S. The highest BCUT2D eigenvalue weighted by atomic mass is 32.1. The molecule has 12 heavy (non-hydrogen) atoms. The first kappa shape index (κ1) is 8.20. The molecule has 0 saturated heterocycles. The van der Waals surface area contributed by atoms with Gasteiger partial charge in [-0.2, -0.15) is 0 Å². The fourth-order valence-corrected chi connectivity index (χ4v) is 2.77. The maximum Gasteiger partial charge on any atom is 0.0794 e. The van der Waals surface area contributed by atoms with E-state index >= 15 is 0 Å². The Morgan fingerprint density at radius 3 is 2.75 bits per heavy atom. The lowest BCUT2D eigenvalue weighted by molar-refractivity contribution is 0.442. The number of aromatic nitrogens is 1. The van der Waals surface area contributed by atoms with E-state index in [0.717, 1.165) is 6.54 Å². The summed E-state index contributed by atoms with van der Waals surface area (Å²) in [4.78, 5) is 4.38. The van der Waals surface area contributed by atoms with Gasteiger partial charge >= 0.3 is 0 Å². The Bertz CT molecular complexity index is 237. The van der Waals surface area contributed by atoms with E-state index in [1.54, 1.807) is 11.3 Å². The minimum Gasteiger partial charge on any atom is -0.330 e. The molecule has 0 unspecified atom stereocenters. The topological polar surface area (TPSA) is 38.9 Å². The average Bonchev–Trinajstić information content (AvgIpc) is 2.76. The Kier molecular flexibility index (Phi) is 2.15. The van der Waals surface area contributed by atoms with Crippen LogP contribution in [0.2, 0.25) is 0 Å². The zero-order chi connectivity index (χ0) is 8.44. The van der Waals surface area contributed by atoms with Crippen molar-refractivity contribution in [3.8, 4) is 0 Å². The van der Waals surface area contributed by atoms with Crippen LogP contribution in [-0.2, 0) is 5.41 Å². The number of nitrogens with zero attached hydrogens (tertiary/aromatic N) is 1. The van der Waals surface area contributed by atoms with Crippen LogP contribution < -0.4 is 5.73 Å². The molecule has 1 fully saturated rings. The molecular weight excluding hydrogens is 168 g/mol. The van der Waals surface area contributed by atoms with Crippen molar-refractivity contribution in [1.29, 1.82) is 0 Å². The molecule has 2 N–H and O–H groups in total. The van der Waals surface area contributed by atoms with Gasteiger partial charge in [0.1, 0.15) is 0 Å². The van der Waals surface area contributed by atoms with Crippen molar-refractivity contribution in [3.05, 3.63) is 16.6 Å². The van der Waals surface area contributed by atoms with Gasteiger partial charge in [0.15, 0.2) is 0 Å². The fourth-order valence-electron chi connectivity index (χ4n) is 2.09. The molecule has 0 spiro atoms. The van der Waals surface area contributed by atoms with Gasteiger partial charge < -0.3 is 5.73 Å². The first-order chi connectivity index (χ1) is 5.87. The van der Waals surface area contributed by atoms with Crippen molar-refractivity contribution in [2.24, 2.45) is 5.73 Å². The summed E-state index contributed by atoms with van der Waals surface area (Å²) in [5, 5.41) is 2.15. The van der Waals surface area contributed by atoms with Crippen LogP contribution in [0.3, 0.4) is 0 Å². The maximum atomic E-state index is 5.82.